The number of rotatable bonds is 3. The van der Waals surface area contributed by atoms with Crippen molar-refractivity contribution in [3.8, 4) is 11.5 Å². The molecular formula is C22H19NO2S. The molecule has 0 fully saturated rings. The molecule has 1 atom stereocenters. The molecule has 1 aliphatic heterocycles. The molecule has 130 valence electrons. The summed E-state index contributed by atoms with van der Waals surface area (Å²) in [5.74, 6) is 0.828. The third-order valence-corrected chi connectivity index (χ3v) is 5.78. The summed E-state index contributed by atoms with van der Waals surface area (Å²) in [5.41, 5.74) is 3.84. The van der Waals surface area contributed by atoms with E-state index in [2.05, 4.69) is 30.3 Å². The van der Waals surface area contributed by atoms with Gasteiger partial charge in [0, 0.05) is 28.2 Å². The molecule has 4 heteroatoms. The van der Waals surface area contributed by atoms with E-state index in [1.54, 1.807) is 13.2 Å². The van der Waals surface area contributed by atoms with Gasteiger partial charge < -0.3 is 9.84 Å². The number of nitrogens with zero attached hydrogens (tertiary/aromatic N) is 1. The normalized spacial score (nSPS) is 16.3. The molecule has 1 N–H and O–H groups in total. The standard InChI is InChI=1S/C22H19NO2S/c1-25-16-11-12-17(20(24)13-16)19-14-22(15-7-3-2-4-8-15)26-21-10-6-5-9-18(21)23-19/h2-13,22,24H,14H2,1H3. The highest BCUT2D eigenvalue weighted by Crippen LogP contribution is 2.46. The third-order valence-electron chi connectivity index (χ3n) is 4.46. The van der Waals surface area contributed by atoms with Gasteiger partial charge in [-0.3, -0.25) is 4.99 Å². The van der Waals surface area contributed by atoms with E-state index >= 15 is 0 Å². The van der Waals surface area contributed by atoms with E-state index in [1.165, 1.54) is 5.56 Å². The fraction of sp³-hybridized carbons (Fsp3) is 0.136. The lowest BCUT2D eigenvalue weighted by atomic mass is 10.0. The molecule has 0 radical (unpaired) electrons. The van der Waals surface area contributed by atoms with Crippen LogP contribution < -0.4 is 4.74 Å². The Morgan fingerprint density at radius 1 is 1.00 bits per heavy atom. The highest BCUT2D eigenvalue weighted by atomic mass is 32.2. The van der Waals surface area contributed by atoms with Crippen molar-refractivity contribution in [1.82, 2.24) is 0 Å². The maximum atomic E-state index is 10.5. The fourth-order valence-electron chi connectivity index (χ4n) is 3.12. The number of thioether (sulfide) groups is 1. The third kappa shape index (κ3) is 3.33. The second-order valence-corrected chi connectivity index (χ2v) is 7.38. The van der Waals surface area contributed by atoms with Crippen LogP contribution in [0, 0.1) is 0 Å². The van der Waals surface area contributed by atoms with Crippen LogP contribution in [-0.2, 0) is 0 Å². The molecule has 26 heavy (non-hydrogen) atoms. The molecule has 0 bridgehead atoms. The lowest BCUT2D eigenvalue weighted by molar-refractivity contribution is 0.407. The zero-order valence-corrected chi connectivity index (χ0v) is 15.2. The summed E-state index contributed by atoms with van der Waals surface area (Å²) in [6, 6.07) is 24.0. The summed E-state index contributed by atoms with van der Waals surface area (Å²) in [6.07, 6.45) is 0.739. The van der Waals surface area contributed by atoms with Gasteiger partial charge in [-0.1, -0.05) is 42.5 Å². The number of methoxy groups -OCH3 is 1. The van der Waals surface area contributed by atoms with Crippen molar-refractivity contribution in [1.29, 1.82) is 0 Å². The van der Waals surface area contributed by atoms with Crippen LogP contribution >= 0.6 is 11.8 Å². The van der Waals surface area contributed by atoms with E-state index in [9.17, 15) is 5.11 Å². The summed E-state index contributed by atoms with van der Waals surface area (Å²) in [5, 5.41) is 10.7. The van der Waals surface area contributed by atoms with E-state index < -0.39 is 0 Å². The molecule has 0 spiro atoms. The smallest absolute Gasteiger partial charge is 0.128 e. The van der Waals surface area contributed by atoms with Crippen molar-refractivity contribution in [2.24, 2.45) is 4.99 Å². The van der Waals surface area contributed by atoms with Crippen molar-refractivity contribution >= 4 is 23.2 Å². The largest absolute Gasteiger partial charge is 0.507 e. The first-order chi connectivity index (χ1) is 12.7. The molecular weight excluding hydrogens is 342 g/mol. The predicted octanol–water partition coefficient (Wildman–Crippen LogP) is 5.76. The van der Waals surface area contributed by atoms with Gasteiger partial charge >= 0.3 is 0 Å². The zero-order chi connectivity index (χ0) is 17.9. The molecule has 0 aromatic heterocycles. The molecule has 1 aliphatic rings. The van der Waals surface area contributed by atoms with Gasteiger partial charge in [0.1, 0.15) is 11.5 Å². The molecule has 4 rings (SSSR count). The van der Waals surface area contributed by atoms with E-state index in [-0.39, 0.29) is 11.0 Å². The number of phenolic OH excluding ortho intramolecular Hbond substituents is 1. The first-order valence-electron chi connectivity index (χ1n) is 8.50. The number of para-hydroxylation sites is 1. The van der Waals surface area contributed by atoms with Crippen molar-refractivity contribution in [3.63, 3.8) is 0 Å². The summed E-state index contributed by atoms with van der Waals surface area (Å²) < 4.78 is 5.20. The highest BCUT2D eigenvalue weighted by molar-refractivity contribution is 7.99. The van der Waals surface area contributed by atoms with Crippen molar-refractivity contribution < 1.29 is 9.84 Å². The van der Waals surface area contributed by atoms with Gasteiger partial charge in [0.15, 0.2) is 0 Å². The van der Waals surface area contributed by atoms with Gasteiger partial charge in [-0.25, -0.2) is 0 Å². The Kier molecular flexibility index (Phi) is 4.67. The Bertz CT molecular complexity index is 953. The molecule has 0 amide bonds. The topological polar surface area (TPSA) is 41.8 Å². The monoisotopic (exact) mass is 361 g/mol. The van der Waals surface area contributed by atoms with Crippen LogP contribution in [0.2, 0.25) is 0 Å². The number of hydrogen-bond acceptors (Lipinski definition) is 4. The minimum Gasteiger partial charge on any atom is -0.507 e. The van der Waals surface area contributed by atoms with E-state index in [0.717, 1.165) is 28.3 Å². The average molecular weight is 361 g/mol. The van der Waals surface area contributed by atoms with Crippen LogP contribution in [0.1, 0.15) is 22.8 Å². The summed E-state index contributed by atoms with van der Waals surface area (Å²) in [7, 11) is 1.59. The summed E-state index contributed by atoms with van der Waals surface area (Å²) in [6.45, 7) is 0. The fourth-order valence-corrected chi connectivity index (χ4v) is 4.35. The quantitative estimate of drug-likeness (QED) is 0.645. The Hall–Kier alpha value is -2.72. The number of phenols is 1. The molecule has 0 saturated heterocycles. The van der Waals surface area contributed by atoms with Crippen LogP contribution in [0.5, 0.6) is 11.5 Å². The molecule has 3 aromatic carbocycles. The number of benzene rings is 3. The van der Waals surface area contributed by atoms with Gasteiger partial charge in [0.2, 0.25) is 0 Å². The number of aromatic hydroxyl groups is 1. The molecule has 3 aromatic rings. The number of aliphatic imine (C=N–C) groups is 1. The van der Waals surface area contributed by atoms with Gasteiger partial charge in [-0.15, -0.1) is 11.8 Å². The average Bonchev–Trinajstić information content (AvgIpc) is 2.88. The van der Waals surface area contributed by atoms with Crippen LogP contribution in [0.25, 0.3) is 0 Å². The van der Waals surface area contributed by atoms with Crippen LogP contribution in [0.15, 0.2) is 82.7 Å². The minimum absolute atomic E-state index is 0.194. The molecule has 3 nitrogen and oxygen atoms in total. The van der Waals surface area contributed by atoms with E-state index in [4.69, 9.17) is 9.73 Å². The molecule has 0 aliphatic carbocycles. The summed E-state index contributed by atoms with van der Waals surface area (Å²) >= 11 is 1.82. The lowest BCUT2D eigenvalue weighted by Gasteiger charge is -2.16. The van der Waals surface area contributed by atoms with Crippen molar-refractivity contribution in [2.45, 2.75) is 16.6 Å². The lowest BCUT2D eigenvalue weighted by Crippen LogP contribution is -2.06. The van der Waals surface area contributed by atoms with Gasteiger partial charge in [-0.2, -0.15) is 0 Å². The predicted molar refractivity (Wildman–Crippen MR) is 107 cm³/mol. The second kappa shape index (κ2) is 7.26. The zero-order valence-electron chi connectivity index (χ0n) is 14.4. The minimum atomic E-state index is 0.194. The number of fused-ring (bicyclic) bond motifs is 1. The Balaban J connectivity index is 1.81. The Morgan fingerprint density at radius 2 is 1.77 bits per heavy atom. The van der Waals surface area contributed by atoms with Crippen molar-refractivity contribution in [2.75, 3.05) is 7.11 Å². The second-order valence-electron chi connectivity index (χ2n) is 6.13. The SMILES string of the molecule is COc1ccc(C2=Nc3ccccc3SC(c3ccccc3)C2)c(O)c1. The number of ether oxygens (including phenoxy) is 1. The maximum absolute atomic E-state index is 10.5. The first-order valence-corrected chi connectivity index (χ1v) is 9.38. The van der Waals surface area contributed by atoms with Crippen LogP contribution in [-0.4, -0.2) is 17.9 Å². The maximum Gasteiger partial charge on any atom is 0.128 e. The number of hydrogen-bond donors (Lipinski definition) is 1. The Labute approximate surface area is 157 Å². The van der Waals surface area contributed by atoms with E-state index in [1.807, 2.05) is 48.2 Å². The van der Waals surface area contributed by atoms with E-state index in [0.29, 0.717) is 5.75 Å². The van der Waals surface area contributed by atoms with Gasteiger partial charge in [0.05, 0.1) is 18.5 Å². The summed E-state index contributed by atoms with van der Waals surface area (Å²) in [4.78, 5) is 6.05. The highest BCUT2D eigenvalue weighted by Gasteiger charge is 2.23. The van der Waals surface area contributed by atoms with Gasteiger partial charge in [-0.05, 0) is 29.8 Å². The van der Waals surface area contributed by atoms with Crippen LogP contribution in [0.4, 0.5) is 5.69 Å². The first kappa shape index (κ1) is 16.7. The van der Waals surface area contributed by atoms with Crippen LogP contribution in [0.3, 0.4) is 0 Å². The van der Waals surface area contributed by atoms with Crippen molar-refractivity contribution in [3.05, 3.63) is 83.9 Å². The van der Waals surface area contributed by atoms with Gasteiger partial charge in [0.25, 0.3) is 0 Å². The molecule has 0 saturated carbocycles. The Morgan fingerprint density at radius 3 is 2.54 bits per heavy atom. The molecule has 1 heterocycles. The molecule has 1 unspecified atom stereocenters.